The highest BCUT2D eigenvalue weighted by Crippen LogP contribution is 2.07. The van der Waals surface area contributed by atoms with Crippen molar-refractivity contribution in [1.82, 2.24) is 15.0 Å². The predicted molar refractivity (Wildman–Crippen MR) is 81.2 cm³/mol. The average molecular weight is 275 g/mol. The van der Waals surface area contributed by atoms with Gasteiger partial charge in [0, 0.05) is 5.56 Å². The number of hydrogen-bond donors (Lipinski definition) is 0. The molecule has 0 N–H and O–H groups in total. The first-order chi connectivity index (χ1) is 10.3. The topological polar surface area (TPSA) is 47.8 Å². The number of benzene rings is 2. The molecule has 3 rings (SSSR count). The van der Waals surface area contributed by atoms with Crippen LogP contribution in [0.15, 0.2) is 72.9 Å². The Bertz CT molecular complexity index is 761. The van der Waals surface area contributed by atoms with E-state index in [0.717, 1.165) is 5.69 Å². The van der Waals surface area contributed by atoms with Crippen LogP contribution in [0.25, 0.3) is 11.8 Å². The largest absolute Gasteiger partial charge is 0.289 e. The zero-order valence-corrected chi connectivity index (χ0v) is 11.3. The van der Waals surface area contributed by atoms with Gasteiger partial charge in [-0.05, 0) is 24.3 Å². The molecular formula is C17H13N3O. The van der Waals surface area contributed by atoms with Crippen LogP contribution in [-0.2, 0) is 0 Å². The highest BCUT2D eigenvalue weighted by atomic mass is 16.1. The van der Waals surface area contributed by atoms with E-state index in [2.05, 4.69) is 10.3 Å². The van der Waals surface area contributed by atoms with E-state index in [0.29, 0.717) is 11.3 Å². The standard InChI is InChI=1S/C17H13N3O/c21-17(14-7-3-1-4-8-14)12-11-15-13-20(19-18-15)16-9-5-2-6-10-16/h1-13H/b12-11+. The molecule has 102 valence electrons. The molecule has 21 heavy (non-hydrogen) atoms. The van der Waals surface area contributed by atoms with E-state index >= 15 is 0 Å². The van der Waals surface area contributed by atoms with Crippen LogP contribution in [0, 0.1) is 0 Å². The van der Waals surface area contributed by atoms with Crippen molar-refractivity contribution >= 4 is 11.9 Å². The Kier molecular flexibility index (Phi) is 3.69. The van der Waals surface area contributed by atoms with E-state index in [1.54, 1.807) is 29.1 Å². The maximum atomic E-state index is 12.0. The van der Waals surface area contributed by atoms with E-state index in [1.807, 2.05) is 48.5 Å². The molecule has 4 nitrogen and oxygen atoms in total. The van der Waals surface area contributed by atoms with Crippen molar-refractivity contribution in [1.29, 1.82) is 0 Å². The summed E-state index contributed by atoms with van der Waals surface area (Å²) in [5.41, 5.74) is 2.23. The van der Waals surface area contributed by atoms with Gasteiger partial charge in [0.25, 0.3) is 0 Å². The molecule has 0 bridgehead atoms. The van der Waals surface area contributed by atoms with Crippen molar-refractivity contribution in [3.05, 3.63) is 84.2 Å². The van der Waals surface area contributed by atoms with Crippen LogP contribution in [-0.4, -0.2) is 20.8 Å². The Morgan fingerprint density at radius 3 is 2.33 bits per heavy atom. The van der Waals surface area contributed by atoms with Crippen molar-refractivity contribution in [3.8, 4) is 5.69 Å². The molecule has 0 amide bonds. The summed E-state index contributed by atoms with van der Waals surface area (Å²) in [7, 11) is 0. The van der Waals surface area contributed by atoms with Crippen molar-refractivity contribution in [3.63, 3.8) is 0 Å². The predicted octanol–water partition coefficient (Wildman–Crippen LogP) is 3.16. The summed E-state index contributed by atoms with van der Waals surface area (Å²) in [5.74, 6) is -0.0511. The molecule has 4 heteroatoms. The van der Waals surface area contributed by atoms with Crippen LogP contribution in [0.3, 0.4) is 0 Å². The summed E-state index contributed by atoms with van der Waals surface area (Å²) in [4.78, 5) is 12.0. The minimum Gasteiger partial charge on any atom is -0.289 e. The van der Waals surface area contributed by atoms with Gasteiger partial charge in [0.05, 0.1) is 11.9 Å². The maximum absolute atomic E-state index is 12.0. The van der Waals surface area contributed by atoms with Crippen molar-refractivity contribution in [2.75, 3.05) is 0 Å². The number of para-hydroxylation sites is 1. The fourth-order valence-corrected chi connectivity index (χ4v) is 1.92. The molecule has 2 aromatic carbocycles. The van der Waals surface area contributed by atoms with Gasteiger partial charge >= 0.3 is 0 Å². The lowest BCUT2D eigenvalue weighted by Crippen LogP contribution is -1.93. The lowest BCUT2D eigenvalue weighted by molar-refractivity contribution is 0.104. The number of allylic oxidation sites excluding steroid dienone is 1. The fourth-order valence-electron chi connectivity index (χ4n) is 1.92. The second-order valence-corrected chi connectivity index (χ2v) is 4.49. The number of aromatic nitrogens is 3. The smallest absolute Gasteiger partial charge is 0.185 e. The van der Waals surface area contributed by atoms with Crippen molar-refractivity contribution in [2.24, 2.45) is 0 Å². The van der Waals surface area contributed by atoms with E-state index in [9.17, 15) is 4.79 Å². The van der Waals surface area contributed by atoms with Crippen LogP contribution in [0.1, 0.15) is 16.1 Å². The zero-order valence-electron chi connectivity index (χ0n) is 11.3. The molecule has 1 heterocycles. The number of carbonyl (C=O) groups is 1. The summed E-state index contributed by atoms with van der Waals surface area (Å²) in [6, 6.07) is 18.8. The number of hydrogen-bond acceptors (Lipinski definition) is 3. The quantitative estimate of drug-likeness (QED) is 0.543. The summed E-state index contributed by atoms with van der Waals surface area (Å²) in [6.07, 6.45) is 4.96. The van der Waals surface area contributed by atoms with E-state index < -0.39 is 0 Å². The van der Waals surface area contributed by atoms with Crippen LogP contribution in [0.5, 0.6) is 0 Å². The highest BCUT2D eigenvalue weighted by Gasteiger charge is 2.02. The first-order valence-electron chi connectivity index (χ1n) is 6.58. The monoisotopic (exact) mass is 275 g/mol. The van der Waals surface area contributed by atoms with Gasteiger partial charge in [-0.3, -0.25) is 4.79 Å². The molecule has 0 fully saturated rings. The Labute approximate surface area is 122 Å². The Morgan fingerprint density at radius 2 is 1.62 bits per heavy atom. The van der Waals surface area contributed by atoms with E-state index in [1.165, 1.54) is 6.08 Å². The van der Waals surface area contributed by atoms with Crippen LogP contribution in [0.2, 0.25) is 0 Å². The van der Waals surface area contributed by atoms with Gasteiger partial charge in [-0.15, -0.1) is 5.10 Å². The van der Waals surface area contributed by atoms with Gasteiger partial charge in [0.2, 0.25) is 0 Å². The van der Waals surface area contributed by atoms with Crippen molar-refractivity contribution in [2.45, 2.75) is 0 Å². The van der Waals surface area contributed by atoms with Gasteiger partial charge in [0.15, 0.2) is 5.78 Å². The third-order valence-corrected chi connectivity index (χ3v) is 3.00. The number of nitrogens with zero attached hydrogens (tertiary/aromatic N) is 3. The first-order valence-corrected chi connectivity index (χ1v) is 6.58. The maximum Gasteiger partial charge on any atom is 0.185 e. The summed E-state index contributed by atoms with van der Waals surface area (Å²) in [5, 5.41) is 8.07. The zero-order chi connectivity index (χ0) is 14.5. The molecule has 0 atom stereocenters. The lowest BCUT2D eigenvalue weighted by atomic mass is 10.1. The normalized spacial score (nSPS) is 10.9. The summed E-state index contributed by atoms with van der Waals surface area (Å²) >= 11 is 0. The molecular weight excluding hydrogens is 262 g/mol. The summed E-state index contributed by atoms with van der Waals surface area (Å²) in [6.45, 7) is 0. The number of ketones is 1. The Hall–Kier alpha value is -3.01. The third-order valence-electron chi connectivity index (χ3n) is 3.00. The summed E-state index contributed by atoms with van der Waals surface area (Å²) < 4.78 is 1.67. The molecule has 3 aromatic rings. The molecule has 0 saturated carbocycles. The molecule has 0 aliphatic carbocycles. The lowest BCUT2D eigenvalue weighted by Gasteiger charge is -1.96. The van der Waals surface area contributed by atoms with Gasteiger partial charge in [-0.1, -0.05) is 53.7 Å². The SMILES string of the molecule is O=C(/C=C/c1cn(-c2ccccc2)nn1)c1ccccc1. The minimum atomic E-state index is -0.0511. The van der Waals surface area contributed by atoms with Gasteiger partial charge in [-0.2, -0.15) is 0 Å². The molecule has 0 radical (unpaired) electrons. The number of carbonyl (C=O) groups excluding carboxylic acids is 1. The molecule has 0 saturated heterocycles. The average Bonchev–Trinajstić information content (AvgIpc) is 3.03. The van der Waals surface area contributed by atoms with Crippen LogP contribution < -0.4 is 0 Å². The molecule has 0 aliphatic heterocycles. The molecule has 0 spiro atoms. The van der Waals surface area contributed by atoms with Crippen LogP contribution >= 0.6 is 0 Å². The molecule has 0 aliphatic rings. The first kappa shape index (κ1) is 13.0. The Balaban J connectivity index is 1.76. The van der Waals surface area contributed by atoms with Gasteiger partial charge in [-0.25, -0.2) is 4.68 Å². The molecule has 0 unspecified atom stereocenters. The van der Waals surface area contributed by atoms with Crippen molar-refractivity contribution < 1.29 is 4.79 Å². The van der Waals surface area contributed by atoms with E-state index in [4.69, 9.17) is 0 Å². The third kappa shape index (κ3) is 3.12. The highest BCUT2D eigenvalue weighted by molar-refractivity contribution is 6.06. The van der Waals surface area contributed by atoms with E-state index in [-0.39, 0.29) is 5.78 Å². The fraction of sp³-hybridized carbons (Fsp3) is 0. The van der Waals surface area contributed by atoms with Gasteiger partial charge in [0.1, 0.15) is 5.69 Å². The second-order valence-electron chi connectivity index (χ2n) is 4.49. The van der Waals surface area contributed by atoms with Gasteiger partial charge < -0.3 is 0 Å². The number of rotatable bonds is 4. The minimum absolute atomic E-state index is 0.0511. The second kappa shape index (κ2) is 5.96. The molecule has 1 aromatic heterocycles. The Morgan fingerprint density at radius 1 is 0.952 bits per heavy atom. The van der Waals surface area contributed by atoms with Crippen LogP contribution in [0.4, 0.5) is 0 Å².